The van der Waals surface area contributed by atoms with E-state index in [4.69, 9.17) is 5.73 Å². The van der Waals surface area contributed by atoms with Crippen molar-refractivity contribution < 1.29 is 0 Å². The van der Waals surface area contributed by atoms with Crippen molar-refractivity contribution in [3.05, 3.63) is 29.6 Å². The molecule has 2 aromatic heterocycles. The molecule has 0 atom stereocenters. The molecule has 0 unspecified atom stereocenters. The Balaban J connectivity index is 2.11. The second-order valence-electron chi connectivity index (χ2n) is 4.94. The zero-order chi connectivity index (χ0) is 11.7. The van der Waals surface area contributed by atoms with Crippen LogP contribution in [-0.4, -0.2) is 16.5 Å². The number of nitrogens with one attached hydrogen (secondary N) is 1. The van der Waals surface area contributed by atoms with Crippen LogP contribution >= 0.6 is 0 Å². The van der Waals surface area contributed by atoms with Gasteiger partial charge in [-0.3, -0.25) is 0 Å². The molecule has 3 N–H and O–H groups in total. The normalized spacial score (nSPS) is 17.0. The second-order valence-corrected chi connectivity index (χ2v) is 4.94. The first kappa shape index (κ1) is 10.8. The third-order valence-corrected chi connectivity index (χ3v) is 3.87. The molecule has 3 heteroatoms. The SMILES string of the molecule is NCCc1c(C2CCCC2)[nH]c2ncccc12. The van der Waals surface area contributed by atoms with Gasteiger partial charge in [0.05, 0.1) is 0 Å². The Morgan fingerprint density at radius 2 is 2.18 bits per heavy atom. The lowest BCUT2D eigenvalue weighted by atomic mass is 9.97. The third-order valence-electron chi connectivity index (χ3n) is 3.87. The summed E-state index contributed by atoms with van der Waals surface area (Å²) in [7, 11) is 0. The molecule has 0 aromatic carbocycles. The van der Waals surface area contributed by atoms with E-state index in [1.165, 1.54) is 42.3 Å². The van der Waals surface area contributed by atoms with Gasteiger partial charge in [-0.15, -0.1) is 0 Å². The van der Waals surface area contributed by atoms with Crippen molar-refractivity contribution in [2.24, 2.45) is 5.73 Å². The summed E-state index contributed by atoms with van der Waals surface area (Å²) in [6.07, 6.45) is 8.14. The number of aromatic nitrogens is 2. The number of hydrogen-bond acceptors (Lipinski definition) is 2. The highest BCUT2D eigenvalue weighted by atomic mass is 14.9. The molecular weight excluding hydrogens is 210 g/mol. The molecule has 3 rings (SSSR count). The first-order valence-electron chi connectivity index (χ1n) is 6.55. The first-order chi connectivity index (χ1) is 8.40. The van der Waals surface area contributed by atoms with Crippen LogP contribution in [0.1, 0.15) is 42.9 Å². The summed E-state index contributed by atoms with van der Waals surface area (Å²) < 4.78 is 0. The minimum Gasteiger partial charge on any atom is -0.343 e. The lowest BCUT2D eigenvalue weighted by Gasteiger charge is -2.10. The Labute approximate surface area is 101 Å². The van der Waals surface area contributed by atoms with Crippen molar-refractivity contribution in [2.45, 2.75) is 38.0 Å². The number of nitrogens with two attached hydrogens (primary N) is 1. The molecule has 17 heavy (non-hydrogen) atoms. The van der Waals surface area contributed by atoms with Crippen LogP contribution in [0.3, 0.4) is 0 Å². The van der Waals surface area contributed by atoms with E-state index >= 15 is 0 Å². The lowest BCUT2D eigenvalue weighted by Crippen LogP contribution is -2.06. The van der Waals surface area contributed by atoms with Crippen LogP contribution in [0.4, 0.5) is 0 Å². The second kappa shape index (κ2) is 4.49. The van der Waals surface area contributed by atoms with Crippen LogP contribution in [-0.2, 0) is 6.42 Å². The van der Waals surface area contributed by atoms with Gasteiger partial charge in [0.2, 0.25) is 0 Å². The van der Waals surface area contributed by atoms with E-state index in [9.17, 15) is 0 Å². The van der Waals surface area contributed by atoms with Crippen molar-refractivity contribution >= 4 is 11.0 Å². The van der Waals surface area contributed by atoms with Gasteiger partial charge in [0.15, 0.2) is 0 Å². The molecule has 1 aliphatic rings. The summed E-state index contributed by atoms with van der Waals surface area (Å²) in [4.78, 5) is 7.94. The molecule has 1 aliphatic carbocycles. The van der Waals surface area contributed by atoms with Gasteiger partial charge in [-0.25, -0.2) is 4.98 Å². The number of fused-ring (bicyclic) bond motifs is 1. The lowest BCUT2D eigenvalue weighted by molar-refractivity contribution is 0.693. The molecule has 0 aliphatic heterocycles. The Morgan fingerprint density at radius 1 is 1.35 bits per heavy atom. The van der Waals surface area contributed by atoms with E-state index in [1.54, 1.807) is 0 Å². The maximum Gasteiger partial charge on any atom is 0.137 e. The minimum atomic E-state index is 0.700. The summed E-state index contributed by atoms with van der Waals surface area (Å²) in [5.41, 5.74) is 9.58. The van der Waals surface area contributed by atoms with Gasteiger partial charge in [0.1, 0.15) is 5.65 Å². The predicted molar refractivity (Wildman–Crippen MR) is 70.1 cm³/mol. The smallest absolute Gasteiger partial charge is 0.137 e. The highest BCUT2D eigenvalue weighted by Gasteiger charge is 2.23. The molecule has 0 amide bonds. The van der Waals surface area contributed by atoms with Gasteiger partial charge in [0, 0.05) is 17.3 Å². The molecule has 0 bridgehead atoms. The van der Waals surface area contributed by atoms with Crippen LogP contribution in [0.2, 0.25) is 0 Å². The molecule has 0 spiro atoms. The Morgan fingerprint density at radius 3 is 2.94 bits per heavy atom. The van der Waals surface area contributed by atoms with E-state index < -0.39 is 0 Å². The van der Waals surface area contributed by atoms with Crippen LogP contribution in [0, 0.1) is 0 Å². The molecular formula is C14H19N3. The molecule has 90 valence electrons. The van der Waals surface area contributed by atoms with E-state index in [0.29, 0.717) is 12.5 Å². The van der Waals surface area contributed by atoms with E-state index in [2.05, 4.69) is 16.0 Å². The minimum absolute atomic E-state index is 0.700. The topological polar surface area (TPSA) is 54.7 Å². The van der Waals surface area contributed by atoms with Crippen LogP contribution < -0.4 is 5.73 Å². The van der Waals surface area contributed by atoms with Gasteiger partial charge in [-0.1, -0.05) is 12.8 Å². The molecule has 2 aromatic rings. The van der Waals surface area contributed by atoms with Crippen molar-refractivity contribution in [3.63, 3.8) is 0 Å². The number of hydrogen-bond donors (Lipinski definition) is 2. The molecule has 1 saturated carbocycles. The van der Waals surface area contributed by atoms with E-state index in [-0.39, 0.29) is 0 Å². The van der Waals surface area contributed by atoms with Crippen LogP contribution in [0.25, 0.3) is 11.0 Å². The fraction of sp³-hybridized carbons (Fsp3) is 0.500. The number of aromatic amines is 1. The number of H-pyrrole nitrogens is 1. The average molecular weight is 229 g/mol. The molecule has 3 nitrogen and oxygen atoms in total. The average Bonchev–Trinajstić information content (AvgIpc) is 2.97. The van der Waals surface area contributed by atoms with Crippen molar-refractivity contribution in [3.8, 4) is 0 Å². The molecule has 2 heterocycles. The van der Waals surface area contributed by atoms with Gasteiger partial charge < -0.3 is 10.7 Å². The largest absolute Gasteiger partial charge is 0.343 e. The fourth-order valence-electron chi connectivity index (χ4n) is 3.07. The highest BCUT2D eigenvalue weighted by Crippen LogP contribution is 2.37. The summed E-state index contributed by atoms with van der Waals surface area (Å²) in [6.45, 7) is 0.710. The van der Waals surface area contributed by atoms with Gasteiger partial charge in [-0.05, 0) is 49.4 Å². The highest BCUT2D eigenvalue weighted by molar-refractivity contribution is 5.81. The van der Waals surface area contributed by atoms with E-state index in [0.717, 1.165) is 12.1 Å². The summed E-state index contributed by atoms with van der Waals surface area (Å²) in [6, 6.07) is 4.16. The first-order valence-corrected chi connectivity index (χ1v) is 6.55. The van der Waals surface area contributed by atoms with E-state index in [1.807, 2.05) is 12.3 Å². The third kappa shape index (κ3) is 1.84. The maximum absolute atomic E-state index is 5.74. The Hall–Kier alpha value is -1.35. The van der Waals surface area contributed by atoms with Crippen LogP contribution in [0.15, 0.2) is 18.3 Å². The van der Waals surface area contributed by atoms with Crippen molar-refractivity contribution in [1.82, 2.24) is 9.97 Å². The standard InChI is InChI=1S/C14H19N3/c15-8-7-11-12-6-3-9-16-14(12)17-13(11)10-4-1-2-5-10/h3,6,9-10H,1-2,4-5,7-8,15H2,(H,16,17). The van der Waals surface area contributed by atoms with Crippen molar-refractivity contribution in [2.75, 3.05) is 6.54 Å². The number of nitrogens with zero attached hydrogens (tertiary/aromatic N) is 1. The quantitative estimate of drug-likeness (QED) is 0.850. The van der Waals surface area contributed by atoms with Gasteiger partial charge >= 0.3 is 0 Å². The molecule has 0 saturated heterocycles. The molecule has 0 radical (unpaired) electrons. The van der Waals surface area contributed by atoms with Crippen molar-refractivity contribution in [1.29, 1.82) is 0 Å². The maximum atomic E-state index is 5.74. The zero-order valence-corrected chi connectivity index (χ0v) is 10.1. The van der Waals surface area contributed by atoms with Crippen LogP contribution in [0.5, 0.6) is 0 Å². The Kier molecular flexibility index (Phi) is 2.85. The number of pyridine rings is 1. The summed E-state index contributed by atoms with van der Waals surface area (Å²) in [5, 5.41) is 1.26. The Bertz CT molecular complexity index is 509. The number of rotatable bonds is 3. The fourth-order valence-corrected chi connectivity index (χ4v) is 3.07. The predicted octanol–water partition coefficient (Wildman–Crippen LogP) is 2.72. The summed E-state index contributed by atoms with van der Waals surface area (Å²) >= 11 is 0. The van der Waals surface area contributed by atoms with Gasteiger partial charge in [0.25, 0.3) is 0 Å². The molecule has 1 fully saturated rings. The van der Waals surface area contributed by atoms with Gasteiger partial charge in [-0.2, -0.15) is 0 Å². The monoisotopic (exact) mass is 229 g/mol. The summed E-state index contributed by atoms with van der Waals surface area (Å²) in [5.74, 6) is 0.700. The zero-order valence-electron chi connectivity index (χ0n) is 10.1.